The molecule has 1 saturated heterocycles. The fourth-order valence-electron chi connectivity index (χ4n) is 3.64. The Kier molecular flexibility index (Phi) is 5.32. The first-order valence-corrected chi connectivity index (χ1v) is 10.2. The van der Waals surface area contributed by atoms with E-state index in [4.69, 9.17) is 0 Å². The van der Waals surface area contributed by atoms with Crippen LogP contribution in [0.15, 0.2) is 60.0 Å². The highest BCUT2D eigenvalue weighted by Gasteiger charge is 2.20. The molecular weight excluding hydrogens is 340 g/mol. The second-order valence-electron chi connectivity index (χ2n) is 7.07. The van der Waals surface area contributed by atoms with Crippen molar-refractivity contribution in [3.8, 4) is 0 Å². The Balaban J connectivity index is 1.26. The molecule has 0 bridgehead atoms. The van der Waals surface area contributed by atoms with Gasteiger partial charge in [0.2, 0.25) is 0 Å². The molecule has 1 fully saturated rings. The van der Waals surface area contributed by atoms with Gasteiger partial charge in [-0.3, -0.25) is 9.69 Å². The van der Waals surface area contributed by atoms with Crippen molar-refractivity contribution in [3.63, 3.8) is 0 Å². The van der Waals surface area contributed by atoms with E-state index >= 15 is 0 Å². The van der Waals surface area contributed by atoms with Crippen LogP contribution in [0.2, 0.25) is 0 Å². The highest BCUT2D eigenvalue weighted by molar-refractivity contribution is 7.09. The lowest BCUT2D eigenvalue weighted by molar-refractivity contribution is 0.0935. The van der Waals surface area contributed by atoms with Crippen LogP contribution in [0, 0.1) is 5.92 Å². The lowest BCUT2D eigenvalue weighted by atomic mass is 9.96. The molecule has 1 amide bonds. The maximum absolute atomic E-state index is 12.5. The van der Waals surface area contributed by atoms with Gasteiger partial charge in [-0.1, -0.05) is 36.4 Å². The summed E-state index contributed by atoms with van der Waals surface area (Å²) in [6, 6.07) is 18.4. The van der Waals surface area contributed by atoms with E-state index in [1.165, 1.54) is 10.3 Å². The number of amides is 1. The summed E-state index contributed by atoms with van der Waals surface area (Å²) in [4.78, 5) is 16.4. The number of carbonyl (C=O) groups excluding carboxylic acids is 1. The zero-order valence-corrected chi connectivity index (χ0v) is 15.7. The molecule has 1 aromatic heterocycles. The van der Waals surface area contributed by atoms with Crippen molar-refractivity contribution in [2.24, 2.45) is 5.92 Å². The molecule has 26 heavy (non-hydrogen) atoms. The van der Waals surface area contributed by atoms with Crippen LogP contribution in [-0.2, 0) is 6.54 Å². The van der Waals surface area contributed by atoms with E-state index in [9.17, 15) is 4.79 Å². The minimum atomic E-state index is 0.0387. The van der Waals surface area contributed by atoms with Crippen molar-refractivity contribution >= 4 is 28.0 Å². The van der Waals surface area contributed by atoms with E-state index in [0.29, 0.717) is 5.92 Å². The fourth-order valence-corrected chi connectivity index (χ4v) is 4.39. The number of nitrogens with one attached hydrogen (secondary N) is 1. The van der Waals surface area contributed by atoms with Gasteiger partial charge in [0.1, 0.15) is 0 Å². The van der Waals surface area contributed by atoms with Gasteiger partial charge in [-0.05, 0) is 66.2 Å². The molecule has 2 aromatic carbocycles. The van der Waals surface area contributed by atoms with E-state index in [0.717, 1.165) is 50.0 Å². The van der Waals surface area contributed by atoms with Crippen molar-refractivity contribution < 1.29 is 4.79 Å². The van der Waals surface area contributed by atoms with Gasteiger partial charge in [0.05, 0.1) is 0 Å². The summed E-state index contributed by atoms with van der Waals surface area (Å²) in [5.74, 6) is 0.621. The van der Waals surface area contributed by atoms with E-state index in [1.807, 2.05) is 41.7 Å². The van der Waals surface area contributed by atoms with Gasteiger partial charge in [0, 0.05) is 23.5 Å². The van der Waals surface area contributed by atoms with Gasteiger partial charge in [-0.15, -0.1) is 11.3 Å². The van der Waals surface area contributed by atoms with Crippen LogP contribution in [0.25, 0.3) is 10.8 Å². The van der Waals surface area contributed by atoms with Crippen molar-refractivity contribution in [1.29, 1.82) is 0 Å². The zero-order chi connectivity index (χ0) is 17.8. The third-order valence-electron chi connectivity index (χ3n) is 5.23. The van der Waals surface area contributed by atoms with Crippen molar-refractivity contribution in [2.75, 3.05) is 19.6 Å². The smallest absolute Gasteiger partial charge is 0.251 e. The van der Waals surface area contributed by atoms with Crippen molar-refractivity contribution in [2.45, 2.75) is 19.4 Å². The molecule has 0 aliphatic carbocycles. The van der Waals surface area contributed by atoms with Crippen LogP contribution in [0.5, 0.6) is 0 Å². The van der Waals surface area contributed by atoms with Crippen LogP contribution in [0.4, 0.5) is 0 Å². The Morgan fingerprint density at radius 3 is 2.62 bits per heavy atom. The molecular formula is C22H24N2OS. The average molecular weight is 365 g/mol. The number of hydrogen-bond acceptors (Lipinski definition) is 3. The van der Waals surface area contributed by atoms with Gasteiger partial charge in [-0.25, -0.2) is 0 Å². The zero-order valence-electron chi connectivity index (χ0n) is 14.9. The predicted octanol–water partition coefficient (Wildman–Crippen LogP) is 4.54. The Hall–Kier alpha value is -2.17. The molecule has 4 heteroatoms. The van der Waals surface area contributed by atoms with Crippen LogP contribution >= 0.6 is 11.3 Å². The summed E-state index contributed by atoms with van der Waals surface area (Å²) in [7, 11) is 0. The van der Waals surface area contributed by atoms with Gasteiger partial charge >= 0.3 is 0 Å². The number of nitrogens with zero attached hydrogens (tertiary/aromatic N) is 1. The molecule has 1 N–H and O–H groups in total. The summed E-state index contributed by atoms with van der Waals surface area (Å²) in [6.45, 7) is 4.08. The van der Waals surface area contributed by atoms with Crippen LogP contribution in [-0.4, -0.2) is 30.4 Å². The van der Waals surface area contributed by atoms with Gasteiger partial charge in [-0.2, -0.15) is 0 Å². The van der Waals surface area contributed by atoms with Crippen molar-refractivity contribution in [1.82, 2.24) is 10.2 Å². The maximum Gasteiger partial charge on any atom is 0.251 e. The SMILES string of the molecule is O=C(NCC1CCN(Cc2cccs2)CC1)c1ccc2ccccc2c1. The van der Waals surface area contributed by atoms with Gasteiger partial charge in [0.15, 0.2) is 0 Å². The van der Waals surface area contributed by atoms with E-state index in [1.54, 1.807) is 0 Å². The number of likely N-dealkylation sites (tertiary alicyclic amines) is 1. The summed E-state index contributed by atoms with van der Waals surface area (Å²) in [5.41, 5.74) is 0.749. The Morgan fingerprint density at radius 2 is 1.85 bits per heavy atom. The summed E-state index contributed by atoms with van der Waals surface area (Å²) >= 11 is 1.83. The van der Waals surface area contributed by atoms with E-state index in [-0.39, 0.29) is 5.91 Å². The number of rotatable bonds is 5. The molecule has 0 radical (unpaired) electrons. The molecule has 134 valence electrons. The topological polar surface area (TPSA) is 32.3 Å². The minimum absolute atomic E-state index is 0.0387. The Morgan fingerprint density at radius 1 is 1.04 bits per heavy atom. The fraction of sp³-hybridized carbons (Fsp3) is 0.318. The van der Waals surface area contributed by atoms with Gasteiger partial charge in [0.25, 0.3) is 5.91 Å². The first-order valence-electron chi connectivity index (χ1n) is 9.30. The summed E-state index contributed by atoms with van der Waals surface area (Å²) in [6.07, 6.45) is 2.31. The third-order valence-corrected chi connectivity index (χ3v) is 6.09. The Labute approximate surface area is 158 Å². The first kappa shape index (κ1) is 17.3. The first-order chi connectivity index (χ1) is 12.8. The van der Waals surface area contributed by atoms with Crippen LogP contribution < -0.4 is 5.32 Å². The standard InChI is InChI=1S/C22H24N2OS/c25-22(20-8-7-18-4-1-2-5-19(18)14-20)23-15-17-9-11-24(12-10-17)16-21-6-3-13-26-21/h1-8,13-14,17H,9-12,15-16H2,(H,23,25). The maximum atomic E-state index is 12.5. The quantitative estimate of drug-likeness (QED) is 0.721. The number of benzene rings is 2. The number of piperidine rings is 1. The lowest BCUT2D eigenvalue weighted by Crippen LogP contribution is -2.38. The van der Waals surface area contributed by atoms with E-state index in [2.05, 4.69) is 39.9 Å². The molecule has 3 nitrogen and oxygen atoms in total. The van der Waals surface area contributed by atoms with Crippen LogP contribution in [0.3, 0.4) is 0 Å². The molecule has 1 aliphatic heterocycles. The second-order valence-corrected chi connectivity index (χ2v) is 8.10. The third kappa shape index (κ3) is 4.14. The molecule has 2 heterocycles. The molecule has 0 unspecified atom stereocenters. The molecule has 0 saturated carbocycles. The monoisotopic (exact) mass is 364 g/mol. The van der Waals surface area contributed by atoms with Crippen molar-refractivity contribution in [3.05, 3.63) is 70.4 Å². The minimum Gasteiger partial charge on any atom is -0.352 e. The highest BCUT2D eigenvalue weighted by Crippen LogP contribution is 2.20. The Bertz CT molecular complexity index is 867. The molecule has 0 spiro atoms. The van der Waals surface area contributed by atoms with Gasteiger partial charge < -0.3 is 5.32 Å². The molecule has 3 aromatic rings. The summed E-state index contributed by atoms with van der Waals surface area (Å²) < 4.78 is 0. The normalized spacial score (nSPS) is 16.0. The number of thiophene rings is 1. The number of carbonyl (C=O) groups is 1. The lowest BCUT2D eigenvalue weighted by Gasteiger charge is -2.31. The molecule has 0 atom stereocenters. The van der Waals surface area contributed by atoms with Crippen LogP contribution in [0.1, 0.15) is 28.1 Å². The number of fused-ring (bicyclic) bond motifs is 1. The second kappa shape index (κ2) is 8.02. The molecule has 4 rings (SSSR count). The predicted molar refractivity (Wildman–Crippen MR) is 109 cm³/mol. The highest BCUT2D eigenvalue weighted by atomic mass is 32.1. The van der Waals surface area contributed by atoms with E-state index < -0.39 is 0 Å². The number of hydrogen-bond donors (Lipinski definition) is 1. The largest absolute Gasteiger partial charge is 0.352 e. The average Bonchev–Trinajstić information content (AvgIpc) is 3.20. The summed E-state index contributed by atoms with van der Waals surface area (Å²) in [5, 5.41) is 7.56. The molecule has 1 aliphatic rings.